The van der Waals surface area contributed by atoms with Crippen LogP contribution in [-0.2, 0) is 14.9 Å². The maximum absolute atomic E-state index is 11.3. The second-order valence-electron chi connectivity index (χ2n) is 5.91. The number of phenols is 2. The summed E-state index contributed by atoms with van der Waals surface area (Å²) in [6.07, 6.45) is 0. The molecule has 3 rings (SSSR count). The molecular weight excluding hydrogens is 386 g/mol. The average molecular weight is 401 g/mol. The first-order valence-electron chi connectivity index (χ1n) is 7.90. The Morgan fingerprint density at radius 1 is 1.00 bits per heavy atom. The van der Waals surface area contributed by atoms with Crippen LogP contribution < -0.4 is 5.32 Å². The van der Waals surface area contributed by atoms with Crippen molar-refractivity contribution in [2.45, 2.75) is 11.8 Å². The molecule has 1 amide bonds. The van der Waals surface area contributed by atoms with Crippen LogP contribution in [0, 0.1) is 0 Å². The average Bonchev–Trinajstić information content (AvgIpc) is 2.59. The summed E-state index contributed by atoms with van der Waals surface area (Å²) in [7, 11) is -4.48. The van der Waals surface area contributed by atoms with Gasteiger partial charge in [0, 0.05) is 24.4 Å². The molecule has 144 valence electrons. The van der Waals surface area contributed by atoms with Gasteiger partial charge in [-0.3, -0.25) is 9.35 Å². The number of nitrogens with zero attached hydrogens (tertiary/aromatic N) is 2. The molecule has 10 heteroatoms. The van der Waals surface area contributed by atoms with Gasteiger partial charge < -0.3 is 15.5 Å². The number of hydrogen-bond donors (Lipinski definition) is 4. The van der Waals surface area contributed by atoms with E-state index < -0.39 is 15.0 Å². The Morgan fingerprint density at radius 2 is 1.75 bits per heavy atom. The Bertz CT molecular complexity index is 1220. The van der Waals surface area contributed by atoms with Crippen molar-refractivity contribution < 1.29 is 28.0 Å². The Morgan fingerprint density at radius 3 is 2.43 bits per heavy atom. The van der Waals surface area contributed by atoms with Crippen molar-refractivity contribution >= 4 is 43.9 Å². The van der Waals surface area contributed by atoms with E-state index in [1.54, 1.807) is 6.07 Å². The van der Waals surface area contributed by atoms with Gasteiger partial charge in [0.05, 0.1) is 16.3 Å². The van der Waals surface area contributed by atoms with E-state index in [4.69, 9.17) is 0 Å². The molecule has 0 saturated carbocycles. The topological polar surface area (TPSA) is 149 Å². The molecule has 0 aromatic heterocycles. The normalized spacial score (nSPS) is 11.8. The molecule has 0 fully saturated rings. The predicted octanol–water partition coefficient (Wildman–Crippen LogP) is 3.87. The highest BCUT2D eigenvalue weighted by molar-refractivity contribution is 7.85. The zero-order valence-electron chi connectivity index (χ0n) is 14.5. The van der Waals surface area contributed by atoms with Crippen LogP contribution in [0.5, 0.6) is 11.5 Å². The van der Waals surface area contributed by atoms with E-state index in [2.05, 4.69) is 15.5 Å². The van der Waals surface area contributed by atoms with Crippen LogP contribution in [-0.4, -0.2) is 29.1 Å². The fourth-order valence-corrected chi connectivity index (χ4v) is 3.07. The molecule has 3 aromatic rings. The summed E-state index contributed by atoms with van der Waals surface area (Å²) in [6.45, 7) is 1.31. The minimum Gasteiger partial charge on any atom is -0.508 e. The van der Waals surface area contributed by atoms with Crippen LogP contribution in [0.1, 0.15) is 6.92 Å². The van der Waals surface area contributed by atoms with Crippen molar-refractivity contribution in [1.29, 1.82) is 0 Å². The molecule has 0 atom stereocenters. The fraction of sp³-hybridized carbons (Fsp3) is 0.0556. The molecule has 0 spiro atoms. The van der Waals surface area contributed by atoms with Crippen LogP contribution in [0.25, 0.3) is 10.8 Å². The van der Waals surface area contributed by atoms with Crippen LogP contribution in [0.3, 0.4) is 0 Å². The second-order valence-corrected chi connectivity index (χ2v) is 7.33. The lowest BCUT2D eigenvalue weighted by Gasteiger charge is -2.06. The number of azo groups is 1. The van der Waals surface area contributed by atoms with Gasteiger partial charge in [-0.05, 0) is 41.8 Å². The quantitative estimate of drug-likeness (QED) is 0.385. The highest BCUT2D eigenvalue weighted by Crippen LogP contribution is 2.33. The summed E-state index contributed by atoms with van der Waals surface area (Å²) in [5.41, 5.74) is 0.896. The molecule has 4 N–H and O–H groups in total. The third kappa shape index (κ3) is 4.24. The highest BCUT2D eigenvalue weighted by Gasteiger charge is 2.13. The van der Waals surface area contributed by atoms with Gasteiger partial charge in [-0.1, -0.05) is 0 Å². The molecule has 28 heavy (non-hydrogen) atoms. The monoisotopic (exact) mass is 401 g/mol. The molecule has 0 saturated heterocycles. The largest absolute Gasteiger partial charge is 0.508 e. The number of phenolic OH excluding ortho intramolecular Hbond substituents is 2. The van der Waals surface area contributed by atoms with E-state index in [0.717, 1.165) is 6.07 Å². The number of anilines is 1. The summed E-state index contributed by atoms with van der Waals surface area (Å²) in [6, 6.07) is 10.9. The summed E-state index contributed by atoms with van der Waals surface area (Å²) in [5.74, 6) is -0.706. The third-order valence-corrected chi connectivity index (χ3v) is 4.58. The lowest BCUT2D eigenvalue weighted by molar-refractivity contribution is -0.114. The third-order valence-electron chi connectivity index (χ3n) is 3.75. The van der Waals surface area contributed by atoms with Gasteiger partial charge in [-0.2, -0.15) is 13.5 Å². The summed E-state index contributed by atoms with van der Waals surface area (Å²) in [5, 5.41) is 30.8. The maximum atomic E-state index is 11.3. The number of hydrogen-bond acceptors (Lipinski definition) is 7. The first-order valence-corrected chi connectivity index (χ1v) is 9.34. The van der Waals surface area contributed by atoms with Crippen LogP contribution in [0.2, 0.25) is 0 Å². The summed E-state index contributed by atoms with van der Waals surface area (Å²) >= 11 is 0. The lowest BCUT2D eigenvalue weighted by atomic mass is 10.1. The smallest absolute Gasteiger partial charge is 0.294 e. The predicted molar refractivity (Wildman–Crippen MR) is 102 cm³/mol. The Balaban J connectivity index is 2.02. The molecule has 0 aliphatic rings. The Kier molecular flexibility index (Phi) is 4.99. The van der Waals surface area contributed by atoms with Gasteiger partial charge in [-0.25, -0.2) is 0 Å². The number of nitrogens with one attached hydrogen (secondary N) is 1. The lowest BCUT2D eigenvalue weighted by Crippen LogP contribution is -2.05. The van der Waals surface area contributed by atoms with Crippen molar-refractivity contribution in [3.8, 4) is 11.5 Å². The molecule has 0 bridgehead atoms. The number of rotatable bonds is 4. The van der Waals surface area contributed by atoms with E-state index in [-0.39, 0.29) is 23.1 Å². The molecule has 9 nitrogen and oxygen atoms in total. The van der Waals surface area contributed by atoms with Gasteiger partial charge in [-0.15, -0.1) is 5.11 Å². The molecule has 0 radical (unpaired) electrons. The van der Waals surface area contributed by atoms with Crippen LogP contribution in [0.15, 0.2) is 63.7 Å². The number of fused-ring (bicyclic) bond motifs is 1. The molecule has 0 unspecified atom stereocenters. The van der Waals surface area contributed by atoms with Gasteiger partial charge in [0.1, 0.15) is 17.2 Å². The molecule has 0 heterocycles. The minimum atomic E-state index is -4.48. The van der Waals surface area contributed by atoms with Crippen molar-refractivity contribution in [3.63, 3.8) is 0 Å². The zero-order chi connectivity index (χ0) is 20.5. The van der Waals surface area contributed by atoms with Crippen molar-refractivity contribution in [2.24, 2.45) is 10.2 Å². The summed E-state index contributed by atoms with van der Waals surface area (Å²) < 4.78 is 31.8. The van der Waals surface area contributed by atoms with E-state index in [1.807, 2.05) is 0 Å². The fourth-order valence-electron chi connectivity index (χ4n) is 2.53. The van der Waals surface area contributed by atoms with E-state index in [9.17, 15) is 28.0 Å². The summed E-state index contributed by atoms with van der Waals surface area (Å²) in [4.78, 5) is 10.8. The number of benzene rings is 3. The number of aromatic hydroxyl groups is 2. The number of carbonyl (C=O) groups excluding carboxylic acids is 1. The minimum absolute atomic E-state index is 0.0541. The van der Waals surface area contributed by atoms with E-state index in [1.165, 1.54) is 43.3 Å². The van der Waals surface area contributed by atoms with E-state index >= 15 is 0 Å². The zero-order valence-corrected chi connectivity index (χ0v) is 15.3. The first-order chi connectivity index (χ1) is 13.1. The van der Waals surface area contributed by atoms with Crippen molar-refractivity contribution in [3.05, 3.63) is 48.5 Å². The SMILES string of the molecule is CC(=O)Nc1cc(O)ccc1N=Nc1ccc2c(O)cc(S(=O)(=O)O)cc2c1. The van der Waals surface area contributed by atoms with Gasteiger partial charge in [0.2, 0.25) is 5.91 Å². The number of carbonyl (C=O) groups is 1. The molecular formula is C18H15N3O6S. The molecule has 0 aliphatic carbocycles. The second kappa shape index (κ2) is 7.25. The Labute approximate surface area is 159 Å². The van der Waals surface area contributed by atoms with Gasteiger partial charge >= 0.3 is 0 Å². The molecule has 0 aliphatic heterocycles. The van der Waals surface area contributed by atoms with Gasteiger partial charge in [0.25, 0.3) is 10.1 Å². The van der Waals surface area contributed by atoms with Crippen LogP contribution in [0.4, 0.5) is 17.1 Å². The van der Waals surface area contributed by atoms with Crippen molar-refractivity contribution in [1.82, 2.24) is 0 Å². The first kappa shape index (κ1) is 19.3. The number of amides is 1. The molecule has 3 aromatic carbocycles. The Hall–Kier alpha value is -3.50. The highest BCUT2D eigenvalue weighted by atomic mass is 32.2. The maximum Gasteiger partial charge on any atom is 0.294 e. The standard InChI is InChI=1S/C18H15N3O6S/c1-10(22)19-17-8-13(23)3-5-16(17)21-20-12-2-4-15-11(6-12)7-14(9-18(15)24)28(25,26)27/h2-9,23-24H,1H3,(H,19,22)(H,25,26,27). The van der Waals surface area contributed by atoms with Crippen molar-refractivity contribution in [2.75, 3.05) is 5.32 Å². The van der Waals surface area contributed by atoms with E-state index in [0.29, 0.717) is 22.1 Å². The van der Waals surface area contributed by atoms with Gasteiger partial charge in [0.15, 0.2) is 0 Å². The van der Waals surface area contributed by atoms with Crippen LogP contribution >= 0.6 is 0 Å².